The monoisotopic (exact) mass is 445 g/mol. The maximum Gasteiger partial charge on any atom is 0.416 e. The number of carbonyl (C=O) groups is 1. The Hall–Kier alpha value is -2.38. The Morgan fingerprint density at radius 3 is 2.52 bits per heavy atom. The van der Waals surface area contributed by atoms with Gasteiger partial charge >= 0.3 is 12.1 Å². The molecular formula is C20H16Cl2F3NO3. The third-order valence-corrected chi connectivity index (χ3v) is 5.42. The highest BCUT2D eigenvalue weighted by atomic mass is 35.5. The van der Waals surface area contributed by atoms with E-state index in [1.165, 1.54) is 12.1 Å². The van der Waals surface area contributed by atoms with Crippen LogP contribution in [0, 0.1) is 6.92 Å². The quantitative estimate of drug-likeness (QED) is 0.534. The van der Waals surface area contributed by atoms with Gasteiger partial charge in [-0.1, -0.05) is 23.2 Å². The number of benzene rings is 2. The first-order valence-electron chi connectivity index (χ1n) is 8.46. The van der Waals surface area contributed by atoms with Gasteiger partial charge in [-0.15, -0.1) is 0 Å². The van der Waals surface area contributed by atoms with Crippen LogP contribution in [0.5, 0.6) is 5.75 Å². The highest BCUT2D eigenvalue weighted by molar-refractivity contribution is 6.37. The van der Waals surface area contributed by atoms with Gasteiger partial charge in [0.25, 0.3) is 0 Å². The van der Waals surface area contributed by atoms with Crippen molar-refractivity contribution in [3.63, 3.8) is 0 Å². The van der Waals surface area contributed by atoms with Gasteiger partial charge in [0.05, 0.1) is 10.6 Å². The van der Waals surface area contributed by atoms with Crippen LogP contribution in [-0.4, -0.2) is 22.2 Å². The smallest absolute Gasteiger partial charge is 0.416 e. The van der Waals surface area contributed by atoms with Crippen molar-refractivity contribution in [1.29, 1.82) is 0 Å². The van der Waals surface area contributed by atoms with E-state index in [9.17, 15) is 18.0 Å². The number of aromatic nitrogens is 1. The van der Waals surface area contributed by atoms with Gasteiger partial charge in [0.1, 0.15) is 5.75 Å². The average Bonchev–Trinajstić information content (AvgIpc) is 2.94. The number of rotatable bonds is 5. The molecule has 3 aromatic rings. The summed E-state index contributed by atoms with van der Waals surface area (Å²) in [5.74, 6) is -0.982. The second-order valence-electron chi connectivity index (χ2n) is 6.62. The highest BCUT2D eigenvalue weighted by Gasteiger charge is 2.31. The Kier molecular flexibility index (Phi) is 5.74. The number of aliphatic carboxylic acids is 1. The van der Waals surface area contributed by atoms with Crippen molar-refractivity contribution in [2.45, 2.75) is 19.5 Å². The Morgan fingerprint density at radius 1 is 1.21 bits per heavy atom. The topological polar surface area (TPSA) is 51.5 Å². The van der Waals surface area contributed by atoms with E-state index in [0.29, 0.717) is 32.7 Å². The number of alkyl halides is 3. The SMILES string of the molecule is Cc1cc(C(F)(F)F)cc2c1cc(Cc1c(Cl)ccc(OCC(=O)O)c1Cl)n2C. The molecule has 3 rings (SSSR count). The van der Waals surface area contributed by atoms with Crippen LogP contribution in [0.4, 0.5) is 13.2 Å². The van der Waals surface area contributed by atoms with E-state index in [0.717, 1.165) is 12.1 Å². The maximum absolute atomic E-state index is 13.2. The number of carboxylic acids is 1. The first-order valence-corrected chi connectivity index (χ1v) is 9.22. The van der Waals surface area contributed by atoms with Gasteiger partial charge < -0.3 is 14.4 Å². The number of hydrogen-bond acceptors (Lipinski definition) is 2. The van der Waals surface area contributed by atoms with Crippen LogP contribution in [0.25, 0.3) is 10.9 Å². The van der Waals surface area contributed by atoms with E-state index in [1.807, 2.05) is 0 Å². The molecule has 0 aliphatic carbocycles. The number of halogens is 5. The van der Waals surface area contributed by atoms with Crippen LogP contribution < -0.4 is 4.74 Å². The Labute approximate surface area is 174 Å². The van der Waals surface area contributed by atoms with Crippen LogP contribution in [-0.2, 0) is 24.4 Å². The molecule has 1 heterocycles. The lowest BCUT2D eigenvalue weighted by Crippen LogP contribution is -2.10. The Balaban J connectivity index is 2.05. The largest absolute Gasteiger partial charge is 0.480 e. The predicted molar refractivity (Wildman–Crippen MR) is 105 cm³/mol. The molecule has 0 unspecified atom stereocenters. The van der Waals surface area contributed by atoms with E-state index in [2.05, 4.69) is 0 Å². The second-order valence-corrected chi connectivity index (χ2v) is 7.40. The zero-order valence-corrected chi connectivity index (χ0v) is 16.9. The zero-order valence-electron chi connectivity index (χ0n) is 15.4. The van der Waals surface area contributed by atoms with Crippen molar-refractivity contribution in [2.75, 3.05) is 6.61 Å². The molecule has 9 heteroatoms. The molecule has 0 aliphatic rings. The Morgan fingerprint density at radius 2 is 1.90 bits per heavy atom. The number of nitrogens with zero attached hydrogens (tertiary/aromatic N) is 1. The summed E-state index contributed by atoms with van der Waals surface area (Å²) in [5.41, 5.74) is 1.43. The minimum Gasteiger partial charge on any atom is -0.480 e. The van der Waals surface area contributed by atoms with E-state index in [-0.39, 0.29) is 17.2 Å². The number of hydrogen-bond donors (Lipinski definition) is 1. The van der Waals surface area contributed by atoms with Gasteiger partial charge in [0.2, 0.25) is 0 Å². The Bertz CT molecular complexity index is 1110. The van der Waals surface area contributed by atoms with Gasteiger partial charge in [-0.3, -0.25) is 0 Å². The van der Waals surface area contributed by atoms with Crippen LogP contribution in [0.3, 0.4) is 0 Å². The molecule has 0 saturated heterocycles. The molecule has 0 aliphatic heterocycles. The summed E-state index contributed by atoms with van der Waals surface area (Å²) in [5, 5.41) is 9.97. The van der Waals surface area contributed by atoms with Gasteiger partial charge in [-0.25, -0.2) is 4.79 Å². The van der Waals surface area contributed by atoms with Crippen LogP contribution >= 0.6 is 23.2 Å². The molecule has 0 saturated carbocycles. The lowest BCUT2D eigenvalue weighted by Gasteiger charge is -2.13. The van der Waals surface area contributed by atoms with E-state index < -0.39 is 24.3 Å². The van der Waals surface area contributed by atoms with Gasteiger partial charge in [0, 0.05) is 35.1 Å². The summed E-state index contributed by atoms with van der Waals surface area (Å²) in [6.07, 6.45) is -4.21. The second kappa shape index (κ2) is 7.80. The van der Waals surface area contributed by atoms with Crippen molar-refractivity contribution in [3.8, 4) is 5.75 Å². The summed E-state index contributed by atoms with van der Waals surface area (Å²) in [6.45, 7) is 1.07. The molecule has 0 fully saturated rings. The first kappa shape index (κ1) is 21.3. The van der Waals surface area contributed by atoms with Crippen molar-refractivity contribution in [3.05, 3.63) is 62.8 Å². The molecule has 29 heavy (non-hydrogen) atoms. The molecule has 0 spiro atoms. The van der Waals surface area contributed by atoms with Crippen LogP contribution in [0.1, 0.15) is 22.4 Å². The predicted octanol–water partition coefficient (Wildman–Crippen LogP) is 5.87. The van der Waals surface area contributed by atoms with Crippen molar-refractivity contribution in [1.82, 2.24) is 4.57 Å². The minimum absolute atomic E-state index is 0.164. The molecular weight excluding hydrogens is 430 g/mol. The van der Waals surface area contributed by atoms with E-state index in [4.69, 9.17) is 33.0 Å². The van der Waals surface area contributed by atoms with Gasteiger partial charge in [-0.05, 0) is 48.4 Å². The normalized spacial score (nSPS) is 11.8. The van der Waals surface area contributed by atoms with Gasteiger partial charge in [-0.2, -0.15) is 13.2 Å². The molecule has 4 nitrogen and oxygen atoms in total. The molecule has 1 aromatic heterocycles. The first-order chi connectivity index (χ1) is 13.5. The molecule has 154 valence electrons. The maximum atomic E-state index is 13.2. The lowest BCUT2D eigenvalue weighted by molar-refractivity contribution is -0.139. The van der Waals surface area contributed by atoms with Crippen molar-refractivity contribution >= 4 is 40.1 Å². The molecule has 0 radical (unpaired) electrons. The number of fused-ring (bicyclic) bond motifs is 1. The summed E-state index contributed by atoms with van der Waals surface area (Å²) in [7, 11) is 1.67. The molecule has 2 aromatic carbocycles. The summed E-state index contributed by atoms with van der Waals surface area (Å²) < 4.78 is 46.3. The molecule has 1 N–H and O–H groups in total. The fourth-order valence-corrected chi connectivity index (χ4v) is 3.73. The highest BCUT2D eigenvalue weighted by Crippen LogP contribution is 2.37. The average molecular weight is 446 g/mol. The van der Waals surface area contributed by atoms with E-state index >= 15 is 0 Å². The summed E-state index contributed by atoms with van der Waals surface area (Å²) in [6, 6.07) is 7.03. The van der Waals surface area contributed by atoms with Crippen molar-refractivity contribution in [2.24, 2.45) is 7.05 Å². The molecule has 0 bridgehead atoms. The van der Waals surface area contributed by atoms with Crippen LogP contribution in [0.15, 0.2) is 30.3 Å². The molecule has 0 amide bonds. The molecule has 0 atom stereocenters. The summed E-state index contributed by atoms with van der Waals surface area (Å²) in [4.78, 5) is 10.7. The fraction of sp³-hybridized carbons (Fsp3) is 0.250. The van der Waals surface area contributed by atoms with Crippen LogP contribution in [0.2, 0.25) is 10.0 Å². The number of aryl methyl sites for hydroxylation is 2. The van der Waals surface area contributed by atoms with Crippen molar-refractivity contribution < 1.29 is 27.8 Å². The van der Waals surface area contributed by atoms with Gasteiger partial charge in [0.15, 0.2) is 6.61 Å². The number of carboxylic acid groups (broad SMARTS) is 1. The minimum atomic E-state index is -4.44. The summed E-state index contributed by atoms with van der Waals surface area (Å²) >= 11 is 12.6. The lowest BCUT2D eigenvalue weighted by atomic mass is 10.1. The third kappa shape index (κ3) is 4.31. The third-order valence-electron chi connectivity index (χ3n) is 4.66. The standard InChI is InChI=1S/C20H16Cl2F3NO3/c1-10-5-11(20(23,24)25)6-16-13(10)7-12(26(16)2)8-14-15(21)3-4-17(19(14)22)29-9-18(27)28/h3-7H,8-9H2,1-2H3,(H,27,28). The zero-order chi connectivity index (χ0) is 21.5. The van der Waals surface area contributed by atoms with E-state index in [1.54, 1.807) is 24.6 Å². The number of ether oxygens (including phenoxy) is 1. The fourth-order valence-electron chi connectivity index (χ4n) is 3.17.